The van der Waals surface area contributed by atoms with Crippen molar-refractivity contribution in [2.75, 3.05) is 27.4 Å². The molecule has 0 unspecified atom stereocenters. The van der Waals surface area contributed by atoms with Gasteiger partial charge in [-0.3, -0.25) is 4.79 Å². The molecule has 26 heavy (non-hydrogen) atoms. The van der Waals surface area contributed by atoms with Crippen molar-refractivity contribution in [2.45, 2.75) is 0 Å². The lowest BCUT2D eigenvalue weighted by atomic mass is 10.0. The summed E-state index contributed by atoms with van der Waals surface area (Å²) in [4.78, 5) is 13.1. The van der Waals surface area contributed by atoms with Crippen LogP contribution in [0.2, 0.25) is 0 Å². The third-order valence-electron chi connectivity index (χ3n) is 3.58. The Morgan fingerprint density at radius 1 is 0.846 bits per heavy atom. The van der Waals surface area contributed by atoms with Crippen molar-refractivity contribution in [2.24, 2.45) is 0 Å². The normalized spacial score (nSPS) is 9.92. The maximum absolute atomic E-state index is 13.1. The van der Waals surface area contributed by atoms with Gasteiger partial charge >= 0.3 is 0 Å². The molecule has 0 saturated carbocycles. The van der Waals surface area contributed by atoms with Gasteiger partial charge in [-0.15, -0.1) is 0 Å². The molecule has 0 atom stereocenters. The lowest BCUT2D eigenvalue weighted by molar-refractivity contribution is 0.103. The Bertz CT molecular complexity index is 729. The van der Waals surface area contributed by atoms with Crippen LogP contribution in [0, 0.1) is 0 Å². The Hall–Kier alpha value is -3.21. The predicted molar refractivity (Wildman–Crippen MR) is 101 cm³/mol. The summed E-state index contributed by atoms with van der Waals surface area (Å²) in [5, 5.41) is 0. The van der Waals surface area contributed by atoms with E-state index in [1.807, 2.05) is 0 Å². The summed E-state index contributed by atoms with van der Waals surface area (Å²) < 4.78 is 21.7. The molecule has 0 aliphatic carbocycles. The molecule has 0 spiro atoms. The first-order valence-corrected chi connectivity index (χ1v) is 8.02. The van der Waals surface area contributed by atoms with Crippen LogP contribution >= 0.6 is 0 Å². The largest absolute Gasteiger partial charge is 0.497 e. The molecule has 0 heterocycles. The standard InChI is InChI=1S/C21H22O5/c1-5-11-25-19-13-15(23-3)7-9-17(19)21(22)18-10-8-16(24-4)14-20(18)26-12-6-2/h5-10,13-14H,1-2,11-12H2,3-4H3. The van der Waals surface area contributed by atoms with Crippen LogP contribution in [-0.4, -0.2) is 33.2 Å². The molecule has 0 radical (unpaired) electrons. The van der Waals surface area contributed by atoms with Gasteiger partial charge in [0.2, 0.25) is 0 Å². The number of hydrogen-bond acceptors (Lipinski definition) is 5. The minimum absolute atomic E-state index is 0.228. The molecule has 2 aromatic rings. The third-order valence-corrected chi connectivity index (χ3v) is 3.58. The second-order valence-corrected chi connectivity index (χ2v) is 5.25. The minimum Gasteiger partial charge on any atom is -0.497 e. The molecule has 5 heteroatoms. The number of rotatable bonds is 10. The molecule has 0 saturated heterocycles. The van der Waals surface area contributed by atoms with E-state index in [1.54, 1.807) is 62.8 Å². The fourth-order valence-electron chi connectivity index (χ4n) is 2.32. The maximum atomic E-state index is 13.1. The molecule has 0 amide bonds. The molecular formula is C21H22O5. The van der Waals surface area contributed by atoms with Crippen molar-refractivity contribution in [1.29, 1.82) is 0 Å². The number of methoxy groups -OCH3 is 2. The van der Waals surface area contributed by atoms with Gasteiger partial charge in [0.05, 0.1) is 25.3 Å². The van der Waals surface area contributed by atoms with E-state index in [0.717, 1.165) is 0 Å². The fraction of sp³-hybridized carbons (Fsp3) is 0.190. The average molecular weight is 354 g/mol. The van der Waals surface area contributed by atoms with Gasteiger partial charge in [-0.25, -0.2) is 0 Å². The van der Waals surface area contributed by atoms with Crippen molar-refractivity contribution >= 4 is 5.78 Å². The summed E-state index contributed by atoms with van der Waals surface area (Å²) >= 11 is 0. The SMILES string of the molecule is C=CCOc1cc(OC)ccc1C(=O)c1ccc(OC)cc1OCC=C. The molecule has 0 bridgehead atoms. The van der Waals surface area contributed by atoms with Crippen LogP contribution in [-0.2, 0) is 0 Å². The first-order valence-electron chi connectivity index (χ1n) is 8.02. The van der Waals surface area contributed by atoms with E-state index in [4.69, 9.17) is 18.9 Å². The van der Waals surface area contributed by atoms with Crippen molar-refractivity contribution in [3.63, 3.8) is 0 Å². The van der Waals surface area contributed by atoms with Crippen molar-refractivity contribution in [3.8, 4) is 23.0 Å². The minimum atomic E-state index is -0.228. The van der Waals surface area contributed by atoms with Crippen molar-refractivity contribution in [3.05, 3.63) is 72.8 Å². The van der Waals surface area contributed by atoms with Gasteiger partial charge in [0.25, 0.3) is 0 Å². The number of carbonyl (C=O) groups excluding carboxylic acids is 1. The molecular weight excluding hydrogens is 332 g/mol. The van der Waals surface area contributed by atoms with Gasteiger partial charge in [0.15, 0.2) is 5.78 Å². The molecule has 0 N–H and O–H groups in total. The molecule has 2 aromatic carbocycles. The Kier molecular flexibility index (Phi) is 6.85. The van der Waals surface area contributed by atoms with Crippen LogP contribution in [0.25, 0.3) is 0 Å². The Morgan fingerprint density at radius 2 is 1.27 bits per heavy atom. The molecule has 0 aliphatic heterocycles. The zero-order valence-corrected chi connectivity index (χ0v) is 15.0. The Labute approximate surface area is 153 Å². The number of ether oxygens (including phenoxy) is 4. The highest BCUT2D eigenvalue weighted by Gasteiger charge is 2.20. The smallest absolute Gasteiger partial charge is 0.200 e. The summed E-state index contributed by atoms with van der Waals surface area (Å²) in [6.07, 6.45) is 3.22. The van der Waals surface area contributed by atoms with E-state index >= 15 is 0 Å². The predicted octanol–water partition coefficient (Wildman–Crippen LogP) is 4.06. The summed E-state index contributed by atoms with van der Waals surface area (Å²) in [7, 11) is 3.11. The zero-order valence-electron chi connectivity index (χ0n) is 15.0. The van der Waals surface area contributed by atoms with E-state index in [-0.39, 0.29) is 19.0 Å². The summed E-state index contributed by atoms with van der Waals surface area (Å²) in [5.74, 6) is 1.80. The summed E-state index contributed by atoms with van der Waals surface area (Å²) in [5.41, 5.74) is 0.808. The van der Waals surface area contributed by atoms with E-state index in [1.165, 1.54) is 0 Å². The zero-order chi connectivity index (χ0) is 18.9. The van der Waals surface area contributed by atoms with Crippen molar-refractivity contribution < 1.29 is 23.7 Å². The highest BCUT2D eigenvalue weighted by atomic mass is 16.5. The summed E-state index contributed by atoms with van der Waals surface area (Å²) in [6.45, 7) is 7.81. The first-order chi connectivity index (χ1) is 12.6. The molecule has 0 aliphatic rings. The molecule has 136 valence electrons. The van der Waals surface area contributed by atoms with E-state index in [0.29, 0.717) is 34.1 Å². The van der Waals surface area contributed by atoms with Gasteiger partial charge in [0.1, 0.15) is 36.2 Å². The van der Waals surface area contributed by atoms with Crippen LogP contribution in [0.5, 0.6) is 23.0 Å². The van der Waals surface area contributed by atoms with Crippen LogP contribution in [0.1, 0.15) is 15.9 Å². The summed E-state index contributed by atoms with van der Waals surface area (Å²) in [6, 6.07) is 10.1. The number of hydrogen-bond donors (Lipinski definition) is 0. The molecule has 0 fully saturated rings. The van der Waals surface area contributed by atoms with Gasteiger partial charge in [-0.1, -0.05) is 25.3 Å². The monoisotopic (exact) mass is 354 g/mol. The van der Waals surface area contributed by atoms with Crippen molar-refractivity contribution in [1.82, 2.24) is 0 Å². The van der Waals surface area contributed by atoms with E-state index in [2.05, 4.69) is 13.2 Å². The molecule has 0 aromatic heterocycles. The number of carbonyl (C=O) groups is 1. The Morgan fingerprint density at radius 3 is 1.62 bits per heavy atom. The van der Waals surface area contributed by atoms with Gasteiger partial charge < -0.3 is 18.9 Å². The number of ketones is 1. The molecule has 5 nitrogen and oxygen atoms in total. The maximum Gasteiger partial charge on any atom is 0.200 e. The van der Waals surface area contributed by atoms with Crippen LogP contribution in [0.15, 0.2) is 61.7 Å². The second-order valence-electron chi connectivity index (χ2n) is 5.25. The lowest BCUT2D eigenvalue weighted by Crippen LogP contribution is -2.09. The molecule has 2 rings (SSSR count). The van der Waals surface area contributed by atoms with E-state index < -0.39 is 0 Å². The average Bonchev–Trinajstić information content (AvgIpc) is 2.69. The van der Waals surface area contributed by atoms with Gasteiger partial charge in [0, 0.05) is 12.1 Å². The highest BCUT2D eigenvalue weighted by molar-refractivity contribution is 6.12. The van der Waals surface area contributed by atoms with Crippen LogP contribution in [0.4, 0.5) is 0 Å². The fourth-order valence-corrected chi connectivity index (χ4v) is 2.32. The first kappa shape index (κ1) is 19.1. The lowest BCUT2D eigenvalue weighted by Gasteiger charge is -2.14. The van der Waals surface area contributed by atoms with Crippen LogP contribution in [0.3, 0.4) is 0 Å². The van der Waals surface area contributed by atoms with E-state index in [9.17, 15) is 4.79 Å². The van der Waals surface area contributed by atoms with Gasteiger partial charge in [-0.2, -0.15) is 0 Å². The second kappa shape index (κ2) is 9.32. The highest BCUT2D eigenvalue weighted by Crippen LogP contribution is 2.32. The Balaban J connectivity index is 2.47. The topological polar surface area (TPSA) is 54.0 Å². The third kappa shape index (κ3) is 4.45. The van der Waals surface area contributed by atoms with Crippen LogP contribution < -0.4 is 18.9 Å². The number of benzene rings is 2. The van der Waals surface area contributed by atoms with Gasteiger partial charge in [-0.05, 0) is 24.3 Å². The quantitative estimate of drug-likeness (QED) is 0.476.